The van der Waals surface area contributed by atoms with Crippen LogP contribution in [0.3, 0.4) is 0 Å². The standard InChI is InChI=1S/C6H11NO2S.ClH/c1-7-3-4(10)2-5(7)6(8)9;/h4-5,10H,2-3H2,1H3,(H,8,9);1H/t4-,5-;/m0./s1. The molecule has 2 atom stereocenters. The third-order valence-corrected chi connectivity index (χ3v) is 2.19. The van der Waals surface area contributed by atoms with Gasteiger partial charge in [-0.2, -0.15) is 12.6 Å². The first kappa shape index (κ1) is 11.1. The minimum Gasteiger partial charge on any atom is -0.480 e. The second-order valence-electron chi connectivity index (χ2n) is 2.68. The fourth-order valence-corrected chi connectivity index (χ4v) is 1.72. The third-order valence-electron chi connectivity index (χ3n) is 1.81. The zero-order chi connectivity index (χ0) is 7.72. The van der Waals surface area contributed by atoms with E-state index < -0.39 is 5.97 Å². The van der Waals surface area contributed by atoms with Crippen LogP contribution in [0.15, 0.2) is 0 Å². The topological polar surface area (TPSA) is 40.5 Å². The molecule has 1 N–H and O–H groups in total. The lowest BCUT2D eigenvalue weighted by molar-refractivity contribution is -0.141. The number of rotatable bonds is 1. The molecule has 1 aliphatic rings. The minimum absolute atomic E-state index is 0. The minimum atomic E-state index is -0.737. The molecule has 0 aromatic heterocycles. The monoisotopic (exact) mass is 197 g/mol. The van der Waals surface area contributed by atoms with E-state index in [0.717, 1.165) is 6.54 Å². The first-order chi connectivity index (χ1) is 4.61. The highest BCUT2D eigenvalue weighted by Crippen LogP contribution is 2.19. The van der Waals surface area contributed by atoms with E-state index in [-0.39, 0.29) is 23.7 Å². The van der Waals surface area contributed by atoms with Crippen molar-refractivity contribution in [3.8, 4) is 0 Å². The molecule has 1 saturated heterocycles. The van der Waals surface area contributed by atoms with Gasteiger partial charge in [-0.25, -0.2) is 0 Å². The molecule has 1 aliphatic heterocycles. The Morgan fingerprint density at radius 3 is 2.45 bits per heavy atom. The van der Waals surface area contributed by atoms with Crippen LogP contribution in [0, 0.1) is 0 Å². The van der Waals surface area contributed by atoms with Crippen molar-refractivity contribution in [1.82, 2.24) is 4.90 Å². The average Bonchev–Trinajstić information content (AvgIpc) is 2.10. The molecule has 1 fully saturated rings. The molecule has 0 unspecified atom stereocenters. The lowest BCUT2D eigenvalue weighted by Gasteiger charge is -2.13. The van der Waals surface area contributed by atoms with Gasteiger partial charge in [0.25, 0.3) is 0 Å². The molecule has 11 heavy (non-hydrogen) atoms. The van der Waals surface area contributed by atoms with Crippen LogP contribution in [0.4, 0.5) is 0 Å². The van der Waals surface area contributed by atoms with E-state index in [2.05, 4.69) is 12.6 Å². The van der Waals surface area contributed by atoms with Gasteiger partial charge in [-0.1, -0.05) is 0 Å². The van der Waals surface area contributed by atoms with Gasteiger partial charge in [0.05, 0.1) is 0 Å². The van der Waals surface area contributed by atoms with Gasteiger partial charge in [-0.15, -0.1) is 12.4 Å². The number of likely N-dealkylation sites (N-methyl/N-ethyl adjacent to an activating group) is 1. The van der Waals surface area contributed by atoms with Gasteiger partial charge in [0.15, 0.2) is 0 Å². The molecule has 0 aromatic rings. The van der Waals surface area contributed by atoms with Crippen molar-refractivity contribution in [2.45, 2.75) is 17.7 Å². The summed E-state index contributed by atoms with van der Waals surface area (Å²) in [6.07, 6.45) is 0.662. The molecule has 0 aromatic carbocycles. The van der Waals surface area contributed by atoms with Crippen molar-refractivity contribution >= 4 is 31.0 Å². The van der Waals surface area contributed by atoms with E-state index in [1.165, 1.54) is 0 Å². The second-order valence-corrected chi connectivity index (χ2v) is 3.41. The number of likely N-dealkylation sites (tertiary alicyclic amines) is 1. The van der Waals surface area contributed by atoms with Crippen molar-refractivity contribution in [1.29, 1.82) is 0 Å². The SMILES string of the molecule is CN1C[C@@H](S)C[C@H]1C(=O)O.Cl. The summed E-state index contributed by atoms with van der Waals surface area (Å²) in [5, 5.41) is 8.85. The smallest absolute Gasteiger partial charge is 0.320 e. The molecule has 1 rings (SSSR count). The Morgan fingerprint density at radius 2 is 2.27 bits per heavy atom. The first-order valence-electron chi connectivity index (χ1n) is 3.22. The van der Waals surface area contributed by atoms with E-state index in [9.17, 15) is 4.79 Å². The summed E-state index contributed by atoms with van der Waals surface area (Å²) in [6, 6.07) is -0.317. The number of halogens is 1. The van der Waals surface area contributed by atoms with E-state index >= 15 is 0 Å². The van der Waals surface area contributed by atoms with Gasteiger partial charge in [-0.3, -0.25) is 9.69 Å². The summed E-state index contributed by atoms with van der Waals surface area (Å²) < 4.78 is 0. The average molecular weight is 198 g/mol. The van der Waals surface area contributed by atoms with Crippen LogP contribution in [0.5, 0.6) is 0 Å². The summed E-state index contributed by atoms with van der Waals surface area (Å²) in [6.45, 7) is 0.778. The maximum atomic E-state index is 10.5. The number of carbonyl (C=O) groups is 1. The molecule has 0 saturated carbocycles. The summed E-state index contributed by atoms with van der Waals surface area (Å²) >= 11 is 4.20. The van der Waals surface area contributed by atoms with Gasteiger partial charge in [0, 0.05) is 11.8 Å². The first-order valence-corrected chi connectivity index (χ1v) is 3.74. The number of carboxylic acid groups (broad SMARTS) is 1. The van der Waals surface area contributed by atoms with Crippen LogP contribution < -0.4 is 0 Å². The van der Waals surface area contributed by atoms with E-state index in [1.54, 1.807) is 0 Å². The van der Waals surface area contributed by atoms with Crippen molar-refractivity contribution in [2.24, 2.45) is 0 Å². The summed E-state index contributed by atoms with van der Waals surface area (Å²) in [4.78, 5) is 12.3. The molecule has 5 heteroatoms. The highest BCUT2D eigenvalue weighted by molar-refractivity contribution is 7.81. The van der Waals surface area contributed by atoms with Gasteiger partial charge >= 0.3 is 5.97 Å². The highest BCUT2D eigenvalue weighted by Gasteiger charge is 2.32. The maximum Gasteiger partial charge on any atom is 0.320 e. The largest absolute Gasteiger partial charge is 0.480 e. The molecular weight excluding hydrogens is 186 g/mol. The number of nitrogens with zero attached hydrogens (tertiary/aromatic N) is 1. The van der Waals surface area contributed by atoms with Gasteiger partial charge < -0.3 is 5.11 Å². The summed E-state index contributed by atoms with van der Waals surface area (Å²) in [7, 11) is 1.81. The van der Waals surface area contributed by atoms with Crippen molar-refractivity contribution in [3.05, 3.63) is 0 Å². The number of hydrogen-bond acceptors (Lipinski definition) is 3. The lowest BCUT2D eigenvalue weighted by Crippen LogP contribution is -2.32. The zero-order valence-corrected chi connectivity index (χ0v) is 7.94. The highest BCUT2D eigenvalue weighted by atomic mass is 35.5. The number of carboxylic acids is 1. The molecule has 66 valence electrons. The molecule has 0 amide bonds. The van der Waals surface area contributed by atoms with Gasteiger partial charge in [-0.05, 0) is 13.5 Å². The van der Waals surface area contributed by atoms with Crippen molar-refractivity contribution in [3.63, 3.8) is 0 Å². The summed E-state index contributed by atoms with van der Waals surface area (Å²) in [5.74, 6) is -0.737. The molecule has 1 heterocycles. The Bertz CT molecular complexity index is 156. The summed E-state index contributed by atoms with van der Waals surface area (Å²) in [5.41, 5.74) is 0. The molecule has 0 radical (unpaired) electrons. The predicted molar refractivity (Wildman–Crippen MR) is 48.7 cm³/mol. The quantitative estimate of drug-likeness (QED) is 0.602. The Morgan fingerprint density at radius 1 is 1.73 bits per heavy atom. The third kappa shape index (κ3) is 2.54. The Hall–Kier alpha value is 0.0700. The van der Waals surface area contributed by atoms with Crippen LogP contribution in [0.1, 0.15) is 6.42 Å². The normalized spacial score (nSPS) is 31.5. The fraction of sp³-hybridized carbons (Fsp3) is 0.833. The Kier molecular flexibility index (Phi) is 4.21. The van der Waals surface area contributed by atoms with Crippen LogP contribution in [0.25, 0.3) is 0 Å². The van der Waals surface area contributed by atoms with Gasteiger partial charge in [0.2, 0.25) is 0 Å². The van der Waals surface area contributed by atoms with Gasteiger partial charge in [0.1, 0.15) is 6.04 Å². The van der Waals surface area contributed by atoms with E-state index in [1.807, 2.05) is 11.9 Å². The number of hydrogen-bond donors (Lipinski definition) is 2. The Balaban J connectivity index is 0.000001000. The zero-order valence-electron chi connectivity index (χ0n) is 6.23. The van der Waals surface area contributed by atoms with Crippen LogP contribution in [-0.4, -0.2) is 40.9 Å². The second kappa shape index (κ2) is 4.18. The van der Waals surface area contributed by atoms with Crippen LogP contribution in [-0.2, 0) is 4.79 Å². The Labute approximate surface area is 77.6 Å². The van der Waals surface area contributed by atoms with E-state index in [4.69, 9.17) is 5.11 Å². The predicted octanol–water partition coefficient (Wildman–Crippen LogP) is 0.495. The molecule has 3 nitrogen and oxygen atoms in total. The molecule has 0 aliphatic carbocycles. The van der Waals surface area contributed by atoms with Crippen molar-refractivity contribution in [2.75, 3.05) is 13.6 Å². The van der Waals surface area contributed by atoms with Crippen molar-refractivity contribution < 1.29 is 9.90 Å². The molecule has 0 bridgehead atoms. The lowest BCUT2D eigenvalue weighted by atomic mass is 10.2. The van der Waals surface area contributed by atoms with E-state index in [0.29, 0.717) is 6.42 Å². The molecular formula is C6H12ClNO2S. The van der Waals surface area contributed by atoms with Crippen LogP contribution in [0.2, 0.25) is 0 Å². The fourth-order valence-electron chi connectivity index (χ4n) is 1.26. The van der Waals surface area contributed by atoms with Crippen LogP contribution >= 0.6 is 25.0 Å². The molecule has 0 spiro atoms. The number of thiol groups is 1. The number of aliphatic carboxylic acids is 1. The maximum absolute atomic E-state index is 10.5.